The molecular weight excluding hydrogens is 600 g/mol. The highest BCUT2D eigenvalue weighted by Crippen LogP contribution is 2.45. The minimum absolute atomic E-state index is 0.0102. The van der Waals surface area contributed by atoms with Gasteiger partial charge in [-0.15, -0.1) is 0 Å². The fourth-order valence-corrected chi connectivity index (χ4v) is 7.77. The molecule has 0 bridgehead atoms. The summed E-state index contributed by atoms with van der Waals surface area (Å²) in [6, 6.07) is 6.49. The SMILES string of the molecule is NC(C=O)CCCCNS(=O)(=O)c1cc(S(=O)(=O)NCCCCC(N)C(=O)O)c2ccc3c(O)cc(O)c4ccc1c2c43. The molecule has 0 aliphatic carbocycles. The number of hydrogen-bond acceptors (Lipinski definition) is 10. The number of benzene rings is 4. The zero-order valence-corrected chi connectivity index (χ0v) is 24.7. The van der Waals surface area contributed by atoms with Gasteiger partial charge in [0.05, 0.1) is 15.8 Å². The number of aldehydes is 1. The number of aliphatic carboxylic acids is 1. The van der Waals surface area contributed by atoms with Crippen LogP contribution in [0.2, 0.25) is 0 Å². The van der Waals surface area contributed by atoms with Crippen LogP contribution in [0.4, 0.5) is 0 Å². The van der Waals surface area contributed by atoms with Crippen molar-refractivity contribution in [2.24, 2.45) is 11.5 Å². The number of carbonyl (C=O) groups is 2. The second-order valence-corrected chi connectivity index (χ2v) is 13.9. The van der Waals surface area contributed by atoms with Crippen molar-refractivity contribution in [3.8, 4) is 11.5 Å². The van der Waals surface area contributed by atoms with Crippen LogP contribution in [0.25, 0.3) is 32.3 Å². The summed E-state index contributed by atoms with van der Waals surface area (Å²) in [5, 5.41) is 31.5. The Labute approximate surface area is 248 Å². The topological polar surface area (TPSA) is 239 Å². The van der Waals surface area contributed by atoms with Crippen molar-refractivity contribution in [2.45, 2.75) is 60.4 Å². The summed E-state index contributed by atoms with van der Waals surface area (Å²) in [4.78, 5) is 21.0. The Morgan fingerprint density at radius 2 is 1.19 bits per heavy atom. The van der Waals surface area contributed by atoms with Gasteiger partial charge in [-0.05, 0) is 43.9 Å². The standard InChI is InChI=1S/C28H34N4O9S2/c29-16(15-33)5-1-3-11-31-42(38,39)24-14-25(43(40,41)32-12-4-2-6-21(30)28(36)37)20-10-8-18-23(35)13-22(34)17-7-9-19(24)27(20)26(17)18/h7-10,13-16,21,31-32,34-35H,1-6,11-12,29-30H2,(H,36,37). The van der Waals surface area contributed by atoms with E-state index in [2.05, 4.69) is 9.44 Å². The highest BCUT2D eigenvalue weighted by molar-refractivity contribution is 7.90. The molecule has 15 heteroatoms. The molecule has 232 valence electrons. The average Bonchev–Trinajstić information content (AvgIpc) is 2.95. The molecule has 0 radical (unpaired) electrons. The number of unbranched alkanes of at least 4 members (excludes halogenated alkanes) is 2. The normalized spacial score (nSPS) is 14.0. The van der Waals surface area contributed by atoms with Crippen molar-refractivity contribution < 1.29 is 41.7 Å². The molecule has 13 nitrogen and oxygen atoms in total. The number of phenolic OH excluding ortho intramolecular Hbond substituents is 2. The number of nitrogens with one attached hydrogen (secondary N) is 2. The summed E-state index contributed by atoms with van der Waals surface area (Å²) >= 11 is 0. The van der Waals surface area contributed by atoms with E-state index in [1.807, 2.05) is 0 Å². The van der Waals surface area contributed by atoms with Gasteiger partial charge in [0, 0.05) is 51.5 Å². The van der Waals surface area contributed by atoms with Crippen molar-refractivity contribution in [1.82, 2.24) is 9.44 Å². The third-order valence-electron chi connectivity index (χ3n) is 7.34. The Balaban J connectivity index is 1.77. The second-order valence-electron chi connectivity index (χ2n) is 10.4. The van der Waals surface area contributed by atoms with E-state index in [1.54, 1.807) is 0 Å². The third-order valence-corrected chi connectivity index (χ3v) is 10.3. The van der Waals surface area contributed by atoms with Crippen molar-refractivity contribution in [1.29, 1.82) is 0 Å². The molecule has 0 aliphatic heterocycles. The molecule has 2 atom stereocenters. The van der Waals surface area contributed by atoms with Crippen molar-refractivity contribution >= 4 is 64.6 Å². The molecule has 4 rings (SSSR count). The molecular formula is C28H34N4O9S2. The first kappa shape index (κ1) is 32.3. The van der Waals surface area contributed by atoms with Crippen LogP contribution >= 0.6 is 0 Å². The summed E-state index contributed by atoms with van der Waals surface area (Å²) in [7, 11) is -8.59. The van der Waals surface area contributed by atoms with Crippen LogP contribution in [0.15, 0.2) is 46.2 Å². The van der Waals surface area contributed by atoms with E-state index in [4.69, 9.17) is 16.6 Å². The van der Waals surface area contributed by atoms with Gasteiger partial charge in [-0.2, -0.15) is 0 Å². The van der Waals surface area contributed by atoms with Crippen LogP contribution < -0.4 is 20.9 Å². The molecule has 0 spiro atoms. The Kier molecular flexibility index (Phi) is 9.73. The summed E-state index contributed by atoms with van der Waals surface area (Å²) in [6.07, 6.45) is 2.65. The molecule has 0 aliphatic rings. The third kappa shape index (κ3) is 6.82. The average molecular weight is 635 g/mol. The molecule has 9 N–H and O–H groups in total. The van der Waals surface area contributed by atoms with Crippen LogP contribution in [-0.2, 0) is 29.6 Å². The molecule has 4 aromatic rings. The smallest absolute Gasteiger partial charge is 0.320 e. The number of aromatic hydroxyl groups is 2. The van der Waals surface area contributed by atoms with E-state index in [0.717, 1.165) is 12.1 Å². The van der Waals surface area contributed by atoms with E-state index >= 15 is 0 Å². The quantitative estimate of drug-likeness (QED) is 0.0533. The summed E-state index contributed by atoms with van der Waals surface area (Å²) < 4.78 is 59.4. The van der Waals surface area contributed by atoms with Crippen molar-refractivity contribution in [3.63, 3.8) is 0 Å². The van der Waals surface area contributed by atoms with Gasteiger partial charge in [0.25, 0.3) is 0 Å². The predicted molar refractivity (Wildman–Crippen MR) is 161 cm³/mol. The maximum absolute atomic E-state index is 13.6. The lowest BCUT2D eigenvalue weighted by atomic mass is 9.93. The second kappa shape index (κ2) is 13.0. The van der Waals surface area contributed by atoms with Crippen molar-refractivity contribution in [3.05, 3.63) is 36.4 Å². The molecule has 2 unspecified atom stereocenters. The van der Waals surface area contributed by atoms with E-state index < -0.39 is 38.1 Å². The zero-order valence-electron chi connectivity index (χ0n) is 23.1. The molecule has 0 amide bonds. The molecule has 0 aromatic heterocycles. The fourth-order valence-electron chi connectivity index (χ4n) is 5.09. The Hall–Kier alpha value is -3.60. The lowest BCUT2D eigenvalue weighted by molar-refractivity contribution is -0.138. The molecule has 43 heavy (non-hydrogen) atoms. The number of nitrogens with two attached hydrogens (primary N) is 2. The summed E-state index contributed by atoms with van der Waals surface area (Å²) in [5.41, 5.74) is 11.1. The van der Waals surface area contributed by atoms with Gasteiger partial charge in [0.1, 0.15) is 23.8 Å². The summed E-state index contributed by atoms with van der Waals surface area (Å²) in [5.74, 6) is -1.68. The number of phenols is 2. The van der Waals surface area contributed by atoms with Crippen LogP contribution in [0.5, 0.6) is 11.5 Å². The van der Waals surface area contributed by atoms with Gasteiger partial charge < -0.3 is 31.6 Å². The maximum atomic E-state index is 13.6. The number of rotatable bonds is 16. The number of hydrogen-bond donors (Lipinski definition) is 7. The van der Waals surface area contributed by atoms with Crippen LogP contribution in [0, 0.1) is 0 Å². The first-order valence-electron chi connectivity index (χ1n) is 13.6. The van der Waals surface area contributed by atoms with Gasteiger partial charge in [-0.3, -0.25) is 4.79 Å². The first-order valence-corrected chi connectivity index (χ1v) is 16.6. The fraction of sp³-hybridized carbons (Fsp3) is 0.357. The molecule has 0 saturated carbocycles. The molecule has 0 fully saturated rings. The zero-order chi connectivity index (χ0) is 31.5. The number of sulfonamides is 2. The lowest BCUT2D eigenvalue weighted by Gasteiger charge is -2.19. The predicted octanol–water partition coefficient (Wildman–Crippen LogP) is 1.83. The molecule has 4 aromatic carbocycles. The van der Waals surface area contributed by atoms with E-state index in [9.17, 15) is 36.6 Å². The van der Waals surface area contributed by atoms with Gasteiger partial charge in [0.15, 0.2) is 0 Å². The van der Waals surface area contributed by atoms with E-state index in [-0.39, 0.29) is 63.4 Å². The highest BCUT2D eigenvalue weighted by Gasteiger charge is 2.28. The largest absolute Gasteiger partial charge is 0.507 e. The molecule has 0 heterocycles. The van der Waals surface area contributed by atoms with Gasteiger partial charge >= 0.3 is 5.97 Å². The number of carboxylic acid groups (broad SMARTS) is 1. The maximum Gasteiger partial charge on any atom is 0.320 e. The molecule has 0 saturated heterocycles. The minimum atomic E-state index is -4.31. The number of carbonyl (C=O) groups excluding carboxylic acids is 1. The van der Waals surface area contributed by atoms with Crippen LogP contribution in [0.1, 0.15) is 38.5 Å². The lowest BCUT2D eigenvalue weighted by Crippen LogP contribution is -2.30. The van der Waals surface area contributed by atoms with Crippen LogP contribution in [0.3, 0.4) is 0 Å². The monoisotopic (exact) mass is 634 g/mol. The van der Waals surface area contributed by atoms with Crippen molar-refractivity contribution in [2.75, 3.05) is 13.1 Å². The summed E-state index contributed by atoms with van der Waals surface area (Å²) in [6.45, 7) is -0.0439. The highest BCUT2D eigenvalue weighted by atomic mass is 32.2. The van der Waals surface area contributed by atoms with Gasteiger partial charge in [0.2, 0.25) is 20.0 Å². The number of carboxylic acids is 1. The van der Waals surface area contributed by atoms with Gasteiger partial charge in [-0.25, -0.2) is 26.3 Å². The Morgan fingerprint density at radius 1 is 0.744 bits per heavy atom. The van der Waals surface area contributed by atoms with E-state index in [1.165, 1.54) is 24.3 Å². The Morgan fingerprint density at radius 3 is 1.65 bits per heavy atom. The van der Waals surface area contributed by atoms with Gasteiger partial charge in [-0.1, -0.05) is 25.0 Å². The minimum Gasteiger partial charge on any atom is -0.507 e. The van der Waals surface area contributed by atoms with Crippen LogP contribution in [-0.4, -0.2) is 69.6 Å². The first-order chi connectivity index (χ1) is 20.3. The Bertz CT molecular complexity index is 1860. The van der Waals surface area contributed by atoms with E-state index in [0.29, 0.717) is 48.1 Å².